The van der Waals surface area contributed by atoms with Gasteiger partial charge in [0.1, 0.15) is 0 Å². The second-order valence-corrected chi connectivity index (χ2v) is 6.63. The first-order valence-electron chi connectivity index (χ1n) is 9.41. The van der Waals surface area contributed by atoms with Crippen LogP contribution in [-0.2, 0) is 22.2 Å². The van der Waals surface area contributed by atoms with Gasteiger partial charge in [0.25, 0.3) is 0 Å². The lowest BCUT2D eigenvalue weighted by Crippen LogP contribution is -2.43. The van der Waals surface area contributed by atoms with Crippen molar-refractivity contribution in [2.75, 3.05) is 51.5 Å². The fourth-order valence-electron chi connectivity index (χ4n) is 2.99. The number of rotatable bonds is 7. The molecule has 1 fully saturated rings. The molecule has 0 spiro atoms. The lowest BCUT2D eigenvalue weighted by Gasteiger charge is -2.29. The number of guanidine groups is 1. The van der Waals surface area contributed by atoms with Gasteiger partial charge in [0.2, 0.25) is 0 Å². The van der Waals surface area contributed by atoms with Crippen LogP contribution in [0.5, 0.6) is 0 Å². The van der Waals surface area contributed by atoms with Gasteiger partial charge in [-0.2, -0.15) is 13.2 Å². The summed E-state index contributed by atoms with van der Waals surface area (Å²) in [5, 5.41) is 6.16. The first kappa shape index (κ1) is 22.3. The maximum atomic E-state index is 13.6. The van der Waals surface area contributed by atoms with Crippen molar-refractivity contribution in [1.29, 1.82) is 0 Å². The number of morpholine rings is 1. The van der Waals surface area contributed by atoms with Crippen molar-refractivity contribution >= 4 is 11.6 Å². The molecule has 1 aromatic carbocycles. The van der Waals surface area contributed by atoms with Gasteiger partial charge in [0.15, 0.2) is 5.96 Å². The fourth-order valence-corrected chi connectivity index (χ4v) is 2.99. The summed E-state index contributed by atoms with van der Waals surface area (Å²) in [6.07, 6.45) is -4.44. The van der Waals surface area contributed by atoms with Crippen LogP contribution < -0.4 is 15.5 Å². The van der Waals surface area contributed by atoms with E-state index in [0.717, 1.165) is 0 Å². The molecule has 6 nitrogen and oxygen atoms in total. The second-order valence-electron chi connectivity index (χ2n) is 6.63. The number of nitrogens with zero attached hydrogens (tertiary/aromatic N) is 2. The highest BCUT2D eigenvalue weighted by Gasteiger charge is 2.34. The van der Waals surface area contributed by atoms with Gasteiger partial charge in [-0.3, -0.25) is 0 Å². The Bertz CT molecular complexity index is 647. The van der Waals surface area contributed by atoms with Crippen molar-refractivity contribution < 1.29 is 22.6 Å². The molecule has 9 heteroatoms. The number of methoxy groups -OCH3 is 1. The van der Waals surface area contributed by atoms with E-state index in [4.69, 9.17) is 9.47 Å². The van der Waals surface area contributed by atoms with Crippen LogP contribution in [0, 0.1) is 0 Å². The van der Waals surface area contributed by atoms with E-state index in [-0.39, 0.29) is 18.2 Å². The molecule has 158 valence electrons. The molecule has 0 amide bonds. The molecule has 0 radical (unpaired) electrons. The summed E-state index contributed by atoms with van der Waals surface area (Å²) in [7, 11) is 1.59. The minimum atomic E-state index is -4.44. The van der Waals surface area contributed by atoms with Crippen LogP contribution in [0.1, 0.15) is 25.0 Å². The van der Waals surface area contributed by atoms with Crippen molar-refractivity contribution in [3.8, 4) is 0 Å². The number of hydrogen-bond acceptors (Lipinski definition) is 4. The molecular formula is C19H29F3N4O2. The minimum absolute atomic E-state index is 0.0198. The molecule has 1 saturated heterocycles. The predicted molar refractivity (Wildman–Crippen MR) is 104 cm³/mol. The number of alkyl halides is 3. The smallest absolute Gasteiger partial charge is 0.383 e. The van der Waals surface area contributed by atoms with E-state index in [0.29, 0.717) is 51.1 Å². The highest BCUT2D eigenvalue weighted by atomic mass is 19.4. The zero-order valence-electron chi connectivity index (χ0n) is 16.6. The van der Waals surface area contributed by atoms with Crippen LogP contribution >= 0.6 is 0 Å². The average Bonchev–Trinajstić information content (AvgIpc) is 2.66. The van der Waals surface area contributed by atoms with Crippen molar-refractivity contribution in [1.82, 2.24) is 10.6 Å². The lowest BCUT2D eigenvalue weighted by atomic mass is 10.1. The van der Waals surface area contributed by atoms with Crippen LogP contribution in [0.3, 0.4) is 0 Å². The maximum absolute atomic E-state index is 13.6. The fraction of sp³-hybridized carbons (Fsp3) is 0.632. The van der Waals surface area contributed by atoms with Gasteiger partial charge >= 0.3 is 6.18 Å². The van der Waals surface area contributed by atoms with Crippen LogP contribution in [0.15, 0.2) is 23.2 Å². The predicted octanol–water partition coefficient (Wildman–Crippen LogP) is 2.63. The SMILES string of the molecule is CCNC(=NCc1ccc(N2CCOCC2)cc1C(F)(F)F)NC(C)COC. The van der Waals surface area contributed by atoms with E-state index in [1.54, 1.807) is 13.2 Å². The topological polar surface area (TPSA) is 58.1 Å². The molecule has 2 N–H and O–H groups in total. The molecule has 0 saturated carbocycles. The molecule has 0 bridgehead atoms. The van der Waals surface area contributed by atoms with E-state index in [1.807, 2.05) is 18.7 Å². The van der Waals surface area contributed by atoms with Gasteiger partial charge < -0.3 is 25.0 Å². The van der Waals surface area contributed by atoms with E-state index in [1.165, 1.54) is 12.1 Å². The Morgan fingerprint density at radius 1 is 1.32 bits per heavy atom. The molecule has 28 heavy (non-hydrogen) atoms. The van der Waals surface area contributed by atoms with Gasteiger partial charge in [0.05, 0.1) is 31.9 Å². The van der Waals surface area contributed by atoms with Crippen molar-refractivity contribution in [3.05, 3.63) is 29.3 Å². The summed E-state index contributed by atoms with van der Waals surface area (Å²) in [5.41, 5.74) is 0.0456. The normalized spacial score (nSPS) is 16.8. The molecule has 1 aromatic rings. The lowest BCUT2D eigenvalue weighted by molar-refractivity contribution is -0.138. The molecule has 1 heterocycles. The zero-order chi connectivity index (χ0) is 20.6. The Labute approximate surface area is 164 Å². The van der Waals surface area contributed by atoms with Crippen LogP contribution in [-0.4, -0.2) is 58.6 Å². The van der Waals surface area contributed by atoms with Crippen molar-refractivity contribution in [2.24, 2.45) is 4.99 Å². The molecule has 0 aromatic heterocycles. The van der Waals surface area contributed by atoms with E-state index >= 15 is 0 Å². The summed E-state index contributed by atoms with van der Waals surface area (Å²) in [5.74, 6) is 0.456. The highest BCUT2D eigenvalue weighted by molar-refractivity contribution is 5.80. The van der Waals surface area contributed by atoms with Gasteiger partial charge in [-0.1, -0.05) is 6.07 Å². The van der Waals surface area contributed by atoms with Crippen molar-refractivity contribution in [3.63, 3.8) is 0 Å². The third-order valence-corrected chi connectivity index (χ3v) is 4.33. The second kappa shape index (κ2) is 10.5. The third-order valence-electron chi connectivity index (χ3n) is 4.33. The first-order valence-corrected chi connectivity index (χ1v) is 9.41. The van der Waals surface area contributed by atoms with Crippen LogP contribution in [0.4, 0.5) is 18.9 Å². The summed E-state index contributed by atoms with van der Waals surface area (Å²) in [4.78, 5) is 6.23. The average molecular weight is 402 g/mol. The molecule has 1 aliphatic heterocycles. The number of hydrogen-bond donors (Lipinski definition) is 2. The van der Waals surface area contributed by atoms with E-state index in [2.05, 4.69) is 15.6 Å². The monoisotopic (exact) mass is 402 g/mol. The summed E-state index contributed by atoms with van der Waals surface area (Å²) < 4.78 is 51.3. The molecular weight excluding hydrogens is 373 g/mol. The molecule has 1 aliphatic rings. The summed E-state index contributed by atoms with van der Waals surface area (Å²) in [6.45, 7) is 7.01. The van der Waals surface area contributed by atoms with Gasteiger partial charge in [-0.15, -0.1) is 0 Å². The number of anilines is 1. The first-order chi connectivity index (χ1) is 13.3. The Morgan fingerprint density at radius 2 is 2.04 bits per heavy atom. The minimum Gasteiger partial charge on any atom is -0.383 e. The zero-order valence-corrected chi connectivity index (χ0v) is 16.6. The largest absolute Gasteiger partial charge is 0.416 e. The van der Waals surface area contributed by atoms with Crippen LogP contribution in [0.2, 0.25) is 0 Å². The molecule has 2 rings (SSSR count). The van der Waals surface area contributed by atoms with Gasteiger partial charge in [-0.05, 0) is 31.5 Å². The molecule has 1 unspecified atom stereocenters. The molecule has 1 atom stereocenters. The Hall–Kier alpha value is -2.00. The quantitative estimate of drug-likeness (QED) is 0.543. The number of ether oxygens (including phenoxy) is 2. The van der Waals surface area contributed by atoms with E-state index in [9.17, 15) is 13.2 Å². The molecule has 0 aliphatic carbocycles. The summed E-state index contributed by atoms with van der Waals surface area (Å²) >= 11 is 0. The number of halogens is 3. The Kier molecular flexibility index (Phi) is 8.37. The highest BCUT2D eigenvalue weighted by Crippen LogP contribution is 2.35. The Morgan fingerprint density at radius 3 is 2.64 bits per heavy atom. The number of benzene rings is 1. The summed E-state index contributed by atoms with van der Waals surface area (Å²) in [6, 6.07) is 4.43. The van der Waals surface area contributed by atoms with E-state index < -0.39 is 11.7 Å². The maximum Gasteiger partial charge on any atom is 0.416 e. The standard InChI is InChI=1S/C19H29F3N4O2/c1-4-23-18(25-14(2)13-27-3)24-12-15-5-6-16(11-17(15)19(20,21)22)26-7-9-28-10-8-26/h5-6,11,14H,4,7-10,12-13H2,1-3H3,(H2,23,24,25). The van der Waals surface area contributed by atoms with Crippen molar-refractivity contribution in [2.45, 2.75) is 32.6 Å². The third kappa shape index (κ3) is 6.56. The number of nitrogens with one attached hydrogen (secondary N) is 2. The van der Waals surface area contributed by atoms with Gasteiger partial charge in [-0.25, -0.2) is 4.99 Å². The number of aliphatic imine (C=N–C) groups is 1. The van der Waals surface area contributed by atoms with Gasteiger partial charge in [0, 0.05) is 38.5 Å². The van der Waals surface area contributed by atoms with Crippen LogP contribution in [0.25, 0.3) is 0 Å². The Balaban J connectivity index is 2.22.